The van der Waals surface area contributed by atoms with E-state index in [1.54, 1.807) is 0 Å². The van der Waals surface area contributed by atoms with Crippen LogP contribution in [0.15, 0.2) is 30.5 Å². The number of aromatic nitrogens is 4. The summed E-state index contributed by atoms with van der Waals surface area (Å²) in [6.07, 6.45) is 1.81. The van der Waals surface area contributed by atoms with Crippen molar-refractivity contribution in [3.63, 3.8) is 0 Å². The number of fused-ring (bicyclic) bond motifs is 1. The van der Waals surface area contributed by atoms with Gasteiger partial charge in [-0.1, -0.05) is 12.1 Å². The molecule has 0 spiro atoms. The first-order chi connectivity index (χ1) is 10.1. The number of rotatable bonds is 3. The van der Waals surface area contributed by atoms with Crippen LogP contribution in [0.2, 0.25) is 0 Å². The molecule has 0 saturated heterocycles. The molecule has 21 heavy (non-hydrogen) atoms. The summed E-state index contributed by atoms with van der Waals surface area (Å²) >= 11 is 0. The lowest BCUT2D eigenvalue weighted by Crippen LogP contribution is -2.15. The van der Waals surface area contributed by atoms with Crippen LogP contribution in [-0.4, -0.2) is 33.8 Å². The van der Waals surface area contributed by atoms with E-state index >= 15 is 0 Å². The topological polar surface area (TPSA) is 46.8 Å². The second kappa shape index (κ2) is 5.16. The molecule has 0 unspecified atom stereocenters. The Labute approximate surface area is 124 Å². The van der Waals surface area contributed by atoms with Gasteiger partial charge in [0.1, 0.15) is 0 Å². The van der Waals surface area contributed by atoms with Gasteiger partial charge in [-0.25, -0.2) is 4.68 Å². The third kappa shape index (κ3) is 2.24. The van der Waals surface area contributed by atoms with Crippen LogP contribution >= 0.6 is 0 Å². The molecule has 2 aromatic heterocycles. The lowest BCUT2D eigenvalue weighted by Gasteiger charge is -2.10. The molecule has 5 nitrogen and oxygen atoms in total. The van der Waals surface area contributed by atoms with Crippen LogP contribution in [0.5, 0.6) is 0 Å². The molecule has 3 rings (SSSR count). The molecular weight excluding hydrogens is 262 g/mol. The van der Waals surface area contributed by atoms with E-state index in [4.69, 9.17) is 4.98 Å². The molecule has 0 fully saturated rings. The van der Waals surface area contributed by atoms with E-state index in [2.05, 4.69) is 36.1 Å². The fourth-order valence-corrected chi connectivity index (χ4v) is 2.54. The largest absolute Gasteiger partial charge is 0.347 e. The van der Waals surface area contributed by atoms with Crippen molar-refractivity contribution in [1.82, 2.24) is 19.7 Å². The van der Waals surface area contributed by atoms with E-state index in [-0.39, 0.29) is 0 Å². The summed E-state index contributed by atoms with van der Waals surface area (Å²) in [5, 5.41) is 5.76. The second-order valence-corrected chi connectivity index (χ2v) is 5.27. The first-order valence-electron chi connectivity index (χ1n) is 7.08. The predicted octanol–water partition coefficient (Wildman–Crippen LogP) is 2.89. The Bertz CT molecular complexity index is 788. The van der Waals surface area contributed by atoms with E-state index in [1.165, 1.54) is 0 Å². The van der Waals surface area contributed by atoms with Gasteiger partial charge >= 0.3 is 0 Å². The van der Waals surface area contributed by atoms with Crippen molar-refractivity contribution in [2.45, 2.75) is 20.4 Å². The molecule has 5 heteroatoms. The van der Waals surface area contributed by atoms with Crippen molar-refractivity contribution >= 4 is 16.9 Å². The average Bonchev–Trinajstić information content (AvgIpc) is 2.91. The van der Waals surface area contributed by atoms with Crippen molar-refractivity contribution in [3.05, 3.63) is 36.0 Å². The first-order valence-corrected chi connectivity index (χ1v) is 7.08. The molecule has 0 amide bonds. The Balaban J connectivity index is 2.27. The highest BCUT2D eigenvalue weighted by Gasteiger charge is 2.16. The molecule has 0 atom stereocenters. The van der Waals surface area contributed by atoms with E-state index in [0.29, 0.717) is 0 Å². The lowest BCUT2D eigenvalue weighted by molar-refractivity contribution is 0.654. The third-order valence-electron chi connectivity index (χ3n) is 3.57. The van der Waals surface area contributed by atoms with Crippen LogP contribution < -0.4 is 4.90 Å². The summed E-state index contributed by atoms with van der Waals surface area (Å²) in [4.78, 5) is 11.1. The Morgan fingerprint density at radius 3 is 2.67 bits per heavy atom. The number of pyridine rings is 1. The highest BCUT2D eigenvalue weighted by atomic mass is 15.4. The van der Waals surface area contributed by atoms with Crippen molar-refractivity contribution in [1.29, 1.82) is 0 Å². The molecule has 3 aromatic rings. The minimum absolute atomic E-state index is 0.761. The summed E-state index contributed by atoms with van der Waals surface area (Å²) in [6, 6.07) is 8.14. The molecule has 0 aliphatic heterocycles. The molecule has 0 N–H and O–H groups in total. The van der Waals surface area contributed by atoms with Crippen LogP contribution in [0.1, 0.15) is 12.5 Å². The molecule has 0 radical (unpaired) electrons. The quantitative estimate of drug-likeness (QED) is 0.740. The molecule has 108 valence electrons. The maximum Gasteiger partial charge on any atom is 0.223 e. The Hall–Kier alpha value is -2.43. The van der Waals surface area contributed by atoms with Gasteiger partial charge in [0.2, 0.25) is 5.95 Å². The van der Waals surface area contributed by atoms with E-state index in [0.717, 1.165) is 40.3 Å². The molecule has 0 bridgehead atoms. The molecule has 1 aromatic carbocycles. The fourth-order valence-electron chi connectivity index (χ4n) is 2.54. The number of nitrogens with zero attached hydrogens (tertiary/aromatic N) is 5. The molecule has 0 saturated carbocycles. The maximum atomic E-state index is 4.71. The van der Waals surface area contributed by atoms with E-state index in [1.807, 2.05) is 42.0 Å². The van der Waals surface area contributed by atoms with Crippen molar-refractivity contribution < 1.29 is 0 Å². The third-order valence-corrected chi connectivity index (χ3v) is 3.57. The molecule has 2 heterocycles. The number of hydrogen-bond acceptors (Lipinski definition) is 4. The van der Waals surface area contributed by atoms with Crippen LogP contribution in [0, 0.1) is 6.92 Å². The SMILES string of the molecule is CCn1nc(-c2c(C)ccc3ncccc23)nc1N(C)C. The van der Waals surface area contributed by atoms with Gasteiger partial charge in [0.05, 0.1) is 5.52 Å². The van der Waals surface area contributed by atoms with Crippen LogP contribution in [-0.2, 0) is 6.54 Å². The van der Waals surface area contributed by atoms with Gasteiger partial charge in [-0.05, 0) is 31.5 Å². The summed E-state index contributed by atoms with van der Waals surface area (Å²) in [5.74, 6) is 1.63. The number of anilines is 1. The van der Waals surface area contributed by atoms with Gasteiger partial charge in [0.15, 0.2) is 5.82 Å². The normalized spacial score (nSPS) is 11.0. The van der Waals surface area contributed by atoms with Crippen LogP contribution in [0.4, 0.5) is 5.95 Å². The minimum atomic E-state index is 0.761. The minimum Gasteiger partial charge on any atom is -0.347 e. The number of aryl methyl sites for hydroxylation is 2. The van der Waals surface area contributed by atoms with E-state index in [9.17, 15) is 0 Å². The molecule has 0 aliphatic rings. The number of hydrogen-bond donors (Lipinski definition) is 0. The maximum absolute atomic E-state index is 4.71. The zero-order valence-corrected chi connectivity index (χ0v) is 12.8. The van der Waals surface area contributed by atoms with Gasteiger partial charge in [0.25, 0.3) is 0 Å². The molecular formula is C16H19N5. The first kappa shape index (κ1) is 13.5. The van der Waals surface area contributed by atoms with E-state index < -0.39 is 0 Å². The highest BCUT2D eigenvalue weighted by molar-refractivity contribution is 5.94. The van der Waals surface area contributed by atoms with Gasteiger partial charge in [-0.2, -0.15) is 4.98 Å². The van der Waals surface area contributed by atoms with Crippen LogP contribution in [0.25, 0.3) is 22.3 Å². The second-order valence-electron chi connectivity index (χ2n) is 5.27. The fraction of sp³-hybridized carbons (Fsp3) is 0.312. The summed E-state index contributed by atoms with van der Waals surface area (Å²) < 4.78 is 1.92. The average molecular weight is 281 g/mol. The monoisotopic (exact) mass is 281 g/mol. The summed E-state index contributed by atoms with van der Waals surface area (Å²) in [6.45, 7) is 4.95. The lowest BCUT2D eigenvalue weighted by atomic mass is 10.0. The standard InChI is InChI=1S/C16H19N5/c1-5-21-16(20(3)4)18-15(19-21)14-11(2)8-9-13-12(14)7-6-10-17-13/h6-10H,5H2,1-4H3. The van der Waals surface area contributed by atoms with Crippen LogP contribution in [0.3, 0.4) is 0 Å². The Morgan fingerprint density at radius 2 is 2.00 bits per heavy atom. The zero-order chi connectivity index (χ0) is 15.0. The van der Waals surface area contributed by atoms with Gasteiger partial charge in [0, 0.05) is 37.8 Å². The van der Waals surface area contributed by atoms with Gasteiger partial charge in [-0.15, -0.1) is 5.10 Å². The smallest absolute Gasteiger partial charge is 0.223 e. The van der Waals surface area contributed by atoms with Crippen molar-refractivity contribution in [2.24, 2.45) is 0 Å². The Kier molecular flexibility index (Phi) is 3.33. The van der Waals surface area contributed by atoms with Crippen molar-refractivity contribution in [3.8, 4) is 11.4 Å². The summed E-state index contributed by atoms with van der Waals surface area (Å²) in [5.41, 5.74) is 3.20. The van der Waals surface area contributed by atoms with Crippen molar-refractivity contribution in [2.75, 3.05) is 19.0 Å². The molecule has 0 aliphatic carbocycles. The van der Waals surface area contributed by atoms with Gasteiger partial charge in [-0.3, -0.25) is 4.98 Å². The predicted molar refractivity (Wildman–Crippen MR) is 85.5 cm³/mol. The summed E-state index contributed by atoms with van der Waals surface area (Å²) in [7, 11) is 3.97. The zero-order valence-electron chi connectivity index (χ0n) is 12.8. The number of benzene rings is 1. The van der Waals surface area contributed by atoms with Gasteiger partial charge < -0.3 is 4.90 Å². The Morgan fingerprint density at radius 1 is 1.19 bits per heavy atom. The highest BCUT2D eigenvalue weighted by Crippen LogP contribution is 2.30.